The number of para-hydroxylation sites is 1. The Hall–Kier alpha value is -3.29. The minimum atomic E-state index is -1.27. The number of fused-ring (bicyclic) bond motifs is 1. The quantitative estimate of drug-likeness (QED) is 0.522. The first-order valence-electron chi connectivity index (χ1n) is 7.34. The zero-order chi connectivity index (χ0) is 18.1. The molecule has 2 aromatic rings. The smallest absolute Gasteiger partial charge is 0.305 e. The van der Waals surface area contributed by atoms with Gasteiger partial charge in [0.2, 0.25) is 5.82 Å². The maximum atomic E-state index is 14.3. The van der Waals surface area contributed by atoms with Gasteiger partial charge in [0.05, 0.1) is 10.5 Å². The number of nitro benzene ring substituents is 1. The number of nitro groups is 1. The number of hydrogen-bond acceptors (Lipinski definition) is 4. The Kier molecular flexibility index (Phi) is 4.18. The third-order valence-corrected chi connectivity index (χ3v) is 3.91. The second kappa shape index (κ2) is 6.31. The van der Waals surface area contributed by atoms with E-state index in [1.807, 2.05) is 0 Å². The van der Waals surface area contributed by atoms with Gasteiger partial charge in [0.15, 0.2) is 0 Å². The first-order valence-corrected chi connectivity index (χ1v) is 7.34. The fourth-order valence-electron chi connectivity index (χ4n) is 2.77. The number of anilines is 1. The molecule has 0 spiro atoms. The summed E-state index contributed by atoms with van der Waals surface area (Å²) in [7, 11) is 0. The molecule has 0 radical (unpaired) electrons. The van der Waals surface area contributed by atoms with Crippen LogP contribution in [0.3, 0.4) is 0 Å². The lowest BCUT2D eigenvalue weighted by Crippen LogP contribution is -2.43. The highest BCUT2D eigenvalue weighted by atomic mass is 19.1. The van der Waals surface area contributed by atoms with E-state index < -0.39 is 28.4 Å². The van der Waals surface area contributed by atoms with Crippen molar-refractivity contribution in [3.63, 3.8) is 0 Å². The van der Waals surface area contributed by atoms with Gasteiger partial charge in [0.25, 0.3) is 5.91 Å². The first-order chi connectivity index (χ1) is 11.9. The van der Waals surface area contributed by atoms with E-state index in [2.05, 4.69) is 11.9 Å². The van der Waals surface area contributed by atoms with E-state index in [1.165, 1.54) is 11.0 Å². The van der Waals surface area contributed by atoms with Crippen LogP contribution in [0.5, 0.6) is 0 Å². The first kappa shape index (κ1) is 16.6. The third kappa shape index (κ3) is 2.82. The van der Waals surface area contributed by atoms with Crippen LogP contribution in [-0.2, 0) is 0 Å². The number of hydrogen-bond donors (Lipinski definition) is 1. The molecule has 25 heavy (non-hydrogen) atoms. The Labute approximate surface area is 141 Å². The Morgan fingerprint density at radius 1 is 1.28 bits per heavy atom. The van der Waals surface area contributed by atoms with Gasteiger partial charge >= 0.3 is 5.69 Å². The lowest BCUT2D eigenvalue weighted by molar-refractivity contribution is -0.387. The zero-order valence-corrected chi connectivity index (χ0v) is 12.9. The number of carbonyl (C=O) groups is 1. The molecule has 8 heteroatoms. The van der Waals surface area contributed by atoms with Gasteiger partial charge in [0.1, 0.15) is 12.0 Å². The third-order valence-electron chi connectivity index (χ3n) is 3.91. The lowest BCUT2D eigenvalue weighted by Gasteiger charge is -2.37. The van der Waals surface area contributed by atoms with Crippen molar-refractivity contribution in [3.05, 3.63) is 81.9 Å². The van der Waals surface area contributed by atoms with Crippen molar-refractivity contribution in [1.29, 1.82) is 0 Å². The molecule has 0 aliphatic carbocycles. The number of nitrogens with one attached hydrogen (secondary N) is 1. The molecule has 1 N–H and O–H groups in total. The normalized spacial score (nSPS) is 16.2. The molecule has 0 saturated carbocycles. The lowest BCUT2D eigenvalue weighted by atomic mass is 10.0. The van der Waals surface area contributed by atoms with E-state index in [-0.39, 0.29) is 18.0 Å². The van der Waals surface area contributed by atoms with Crippen LogP contribution in [0.25, 0.3) is 0 Å². The number of benzene rings is 2. The molecule has 1 amide bonds. The SMILES string of the molecule is C=CCN1C(=O)c2ccccc2N[C@@H]1c1cc([N+](=O)[O-])c(F)cc1F. The molecule has 1 aliphatic rings. The second-order valence-corrected chi connectivity index (χ2v) is 5.42. The minimum absolute atomic E-state index is 0.0788. The fraction of sp³-hybridized carbons (Fsp3) is 0.118. The summed E-state index contributed by atoms with van der Waals surface area (Å²) in [6.45, 7) is 3.65. The van der Waals surface area contributed by atoms with E-state index in [0.29, 0.717) is 17.3 Å². The van der Waals surface area contributed by atoms with Crippen LogP contribution in [0.4, 0.5) is 20.2 Å². The van der Waals surface area contributed by atoms with E-state index in [0.717, 1.165) is 6.07 Å². The summed E-state index contributed by atoms with van der Waals surface area (Å²) in [5.74, 6) is -2.64. The number of halogens is 2. The molecule has 0 fully saturated rings. The van der Waals surface area contributed by atoms with Crippen LogP contribution in [0, 0.1) is 21.7 Å². The summed E-state index contributed by atoms with van der Waals surface area (Å²) in [6.07, 6.45) is 0.427. The van der Waals surface area contributed by atoms with Crippen LogP contribution in [0.2, 0.25) is 0 Å². The molecular formula is C17H13F2N3O3. The van der Waals surface area contributed by atoms with Crippen LogP contribution >= 0.6 is 0 Å². The highest BCUT2D eigenvalue weighted by Gasteiger charge is 2.35. The summed E-state index contributed by atoms with van der Waals surface area (Å²) < 4.78 is 27.9. The van der Waals surface area contributed by atoms with Gasteiger partial charge < -0.3 is 10.2 Å². The summed E-state index contributed by atoms with van der Waals surface area (Å²) in [5, 5.41) is 13.9. The maximum absolute atomic E-state index is 14.3. The number of nitrogens with zero attached hydrogens (tertiary/aromatic N) is 2. The van der Waals surface area contributed by atoms with Gasteiger partial charge in [-0.2, -0.15) is 4.39 Å². The van der Waals surface area contributed by atoms with Crippen molar-refractivity contribution in [2.45, 2.75) is 6.17 Å². The Morgan fingerprint density at radius 3 is 2.68 bits per heavy atom. The zero-order valence-electron chi connectivity index (χ0n) is 12.9. The largest absolute Gasteiger partial charge is 0.361 e. The highest BCUT2D eigenvalue weighted by molar-refractivity contribution is 6.01. The van der Waals surface area contributed by atoms with Crippen LogP contribution < -0.4 is 5.32 Å². The molecule has 128 valence electrons. The average Bonchev–Trinajstić information content (AvgIpc) is 2.57. The van der Waals surface area contributed by atoms with Gasteiger partial charge in [-0.05, 0) is 12.1 Å². The average molecular weight is 345 g/mol. The van der Waals surface area contributed by atoms with Crippen molar-refractivity contribution >= 4 is 17.3 Å². The summed E-state index contributed by atoms with van der Waals surface area (Å²) in [5.41, 5.74) is -0.206. The number of rotatable bonds is 4. The Bertz CT molecular complexity index is 885. The van der Waals surface area contributed by atoms with Gasteiger partial charge in [-0.15, -0.1) is 6.58 Å². The molecule has 2 aromatic carbocycles. The van der Waals surface area contributed by atoms with Crippen molar-refractivity contribution in [2.24, 2.45) is 0 Å². The predicted molar refractivity (Wildman–Crippen MR) is 87.1 cm³/mol. The molecule has 0 bridgehead atoms. The van der Waals surface area contributed by atoms with Gasteiger partial charge in [0, 0.05) is 29.9 Å². The number of amides is 1. The standard InChI is InChI=1S/C17H13F2N3O3/c1-2-7-21-16(20-14-6-4-3-5-10(14)17(21)23)11-8-15(22(24)25)13(19)9-12(11)18/h2-6,8-9,16,20H,1,7H2/t16-/m0/s1. The maximum Gasteiger partial charge on any atom is 0.305 e. The van der Waals surface area contributed by atoms with Gasteiger partial charge in [-0.25, -0.2) is 4.39 Å². The molecule has 1 atom stereocenters. The highest BCUT2D eigenvalue weighted by Crippen LogP contribution is 2.35. The Morgan fingerprint density at radius 2 is 2.00 bits per heavy atom. The molecule has 3 rings (SSSR count). The molecule has 6 nitrogen and oxygen atoms in total. The molecular weight excluding hydrogens is 332 g/mol. The summed E-state index contributed by atoms with van der Waals surface area (Å²) in [4.78, 5) is 24.0. The van der Waals surface area contributed by atoms with Crippen molar-refractivity contribution in [3.8, 4) is 0 Å². The van der Waals surface area contributed by atoms with Crippen LogP contribution in [-0.4, -0.2) is 22.3 Å². The summed E-state index contributed by atoms with van der Waals surface area (Å²) >= 11 is 0. The molecule has 0 aromatic heterocycles. The fourth-order valence-corrected chi connectivity index (χ4v) is 2.77. The topological polar surface area (TPSA) is 75.5 Å². The van der Waals surface area contributed by atoms with E-state index >= 15 is 0 Å². The second-order valence-electron chi connectivity index (χ2n) is 5.42. The van der Waals surface area contributed by atoms with E-state index in [9.17, 15) is 23.7 Å². The monoisotopic (exact) mass is 345 g/mol. The minimum Gasteiger partial charge on any atom is -0.361 e. The van der Waals surface area contributed by atoms with E-state index in [4.69, 9.17) is 0 Å². The Balaban J connectivity index is 2.15. The van der Waals surface area contributed by atoms with E-state index in [1.54, 1.807) is 24.3 Å². The van der Waals surface area contributed by atoms with Crippen LogP contribution in [0.15, 0.2) is 49.1 Å². The molecule has 0 unspecified atom stereocenters. The van der Waals surface area contributed by atoms with Gasteiger partial charge in [-0.1, -0.05) is 18.2 Å². The van der Waals surface area contributed by atoms with Crippen molar-refractivity contribution in [1.82, 2.24) is 4.90 Å². The molecule has 1 heterocycles. The molecule has 0 saturated heterocycles. The van der Waals surface area contributed by atoms with Crippen molar-refractivity contribution < 1.29 is 18.5 Å². The molecule has 1 aliphatic heterocycles. The van der Waals surface area contributed by atoms with Crippen LogP contribution in [0.1, 0.15) is 22.1 Å². The van der Waals surface area contributed by atoms with Gasteiger partial charge in [-0.3, -0.25) is 14.9 Å². The number of carbonyl (C=O) groups excluding carboxylic acids is 1. The summed E-state index contributed by atoms with van der Waals surface area (Å²) in [6, 6.07) is 7.89. The predicted octanol–water partition coefficient (Wildman–Crippen LogP) is 3.63. The van der Waals surface area contributed by atoms with Crippen molar-refractivity contribution in [2.75, 3.05) is 11.9 Å².